The summed E-state index contributed by atoms with van der Waals surface area (Å²) in [5.41, 5.74) is 3.79. The van der Waals surface area contributed by atoms with Gasteiger partial charge in [-0.05, 0) is 30.3 Å². The predicted octanol–water partition coefficient (Wildman–Crippen LogP) is 2.64. The zero-order chi connectivity index (χ0) is 12.2. The van der Waals surface area contributed by atoms with Gasteiger partial charge in [0.15, 0.2) is 0 Å². The third kappa shape index (κ3) is 2.15. The molecule has 3 nitrogen and oxygen atoms in total. The first-order chi connectivity index (χ1) is 8.93. The van der Waals surface area contributed by atoms with Gasteiger partial charge in [0.25, 0.3) is 0 Å². The van der Waals surface area contributed by atoms with E-state index in [1.165, 1.54) is 0 Å². The molecule has 2 aromatic rings. The van der Waals surface area contributed by atoms with Crippen molar-refractivity contribution in [1.29, 1.82) is 0 Å². The molecule has 0 atom stereocenters. The van der Waals surface area contributed by atoms with Gasteiger partial charge < -0.3 is 5.32 Å². The largest absolute Gasteiger partial charge is 0.380 e. The highest BCUT2D eigenvalue weighted by Crippen LogP contribution is 2.17. The molecule has 1 N–H and O–H groups in total. The molecule has 0 aromatic carbocycles. The second kappa shape index (κ2) is 4.84. The van der Waals surface area contributed by atoms with Gasteiger partial charge in [0.1, 0.15) is 0 Å². The number of hydrogen-bond donors (Lipinski definition) is 1. The number of nitrogens with one attached hydrogen (secondary N) is 1. The summed E-state index contributed by atoms with van der Waals surface area (Å²) in [7, 11) is 0. The quantitative estimate of drug-likeness (QED) is 0.869. The standard InChI is InChI=1S/C15H13N3/c1-3-10-16-12(6-1)14-8-5-9-15(18-14)13-7-2-4-11-17-13/h1-10,17H,11H2. The molecule has 0 fully saturated rings. The smallest absolute Gasteiger partial charge is 0.0894 e. The Hall–Kier alpha value is -2.42. The molecular formula is C15H13N3. The van der Waals surface area contributed by atoms with Crippen LogP contribution in [0.2, 0.25) is 0 Å². The molecule has 0 saturated heterocycles. The number of allylic oxidation sites excluding steroid dienone is 2. The van der Waals surface area contributed by atoms with Gasteiger partial charge in [-0.3, -0.25) is 4.98 Å². The van der Waals surface area contributed by atoms with Crippen molar-refractivity contribution in [2.24, 2.45) is 0 Å². The summed E-state index contributed by atoms with van der Waals surface area (Å²) in [6.45, 7) is 0.849. The highest BCUT2D eigenvalue weighted by atomic mass is 14.9. The molecule has 1 aliphatic heterocycles. The molecule has 0 bridgehead atoms. The first-order valence-electron chi connectivity index (χ1n) is 5.93. The fraction of sp³-hybridized carbons (Fsp3) is 0.0667. The topological polar surface area (TPSA) is 37.8 Å². The Morgan fingerprint density at radius 2 is 1.83 bits per heavy atom. The Balaban J connectivity index is 1.99. The molecule has 2 aromatic heterocycles. The van der Waals surface area contributed by atoms with Gasteiger partial charge in [0.2, 0.25) is 0 Å². The average molecular weight is 235 g/mol. The van der Waals surface area contributed by atoms with E-state index in [0.29, 0.717) is 0 Å². The summed E-state index contributed by atoms with van der Waals surface area (Å²) in [5.74, 6) is 0. The molecule has 0 amide bonds. The van der Waals surface area contributed by atoms with Crippen molar-refractivity contribution in [3.8, 4) is 11.4 Å². The molecule has 0 unspecified atom stereocenters. The third-order valence-corrected chi connectivity index (χ3v) is 2.76. The summed E-state index contributed by atoms with van der Waals surface area (Å²) in [6.07, 6.45) is 7.94. The molecule has 0 saturated carbocycles. The first kappa shape index (κ1) is 10.7. The maximum atomic E-state index is 4.64. The minimum Gasteiger partial charge on any atom is -0.380 e. The van der Waals surface area contributed by atoms with Crippen molar-refractivity contribution in [3.63, 3.8) is 0 Å². The number of pyridine rings is 2. The van der Waals surface area contributed by atoms with Gasteiger partial charge in [-0.1, -0.05) is 24.3 Å². The second-order valence-corrected chi connectivity index (χ2v) is 4.01. The van der Waals surface area contributed by atoms with E-state index < -0.39 is 0 Å². The predicted molar refractivity (Wildman–Crippen MR) is 72.6 cm³/mol. The van der Waals surface area contributed by atoms with E-state index in [2.05, 4.69) is 21.4 Å². The molecular weight excluding hydrogens is 222 g/mol. The third-order valence-electron chi connectivity index (χ3n) is 2.76. The van der Waals surface area contributed by atoms with Crippen LogP contribution >= 0.6 is 0 Å². The lowest BCUT2D eigenvalue weighted by molar-refractivity contribution is 0.981. The first-order valence-corrected chi connectivity index (χ1v) is 5.93. The highest BCUT2D eigenvalue weighted by Gasteiger charge is 2.06. The minimum atomic E-state index is 0.849. The Bertz CT molecular complexity index is 600. The summed E-state index contributed by atoms with van der Waals surface area (Å²) in [4.78, 5) is 8.96. The van der Waals surface area contributed by atoms with E-state index in [9.17, 15) is 0 Å². The zero-order valence-electron chi connectivity index (χ0n) is 9.88. The van der Waals surface area contributed by atoms with E-state index >= 15 is 0 Å². The van der Waals surface area contributed by atoms with Crippen LogP contribution in [-0.2, 0) is 0 Å². The van der Waals surface area contributed by atoms with Gasteiger partial charge in [-0.2, -0.15) is 0 Å². The molecule has 3 heteroatoms. The molecule has 0 spiro atoms. The Kier molecular flexibility index (Phi) is 2.88. The van der Waals surface area contributed by atoms with Crippen LogP contribution in [0.15, 0.2) is 60.8 Å². The van der Waals surface area contributed by atoms with Crippen molar-refractivity contribution in [1.82, 2.24) is 15.3 Å². The summed E-state index contributed by atoms with van der Waals surface area (Å²) in [5, 5.41) is 3.31. The number of hydrogen-bond acceptors (Lipinski definition) is 3. The van der Waals surface area contributed by atoms with Crippen molar-refractivity contribution < 1.29 is 0 Å². The average Bonchev–Trinajstić information content (AvgIpc) is 2.49. The number of nitrogens with zero attached hydrogens (tertiary/aromatic N) is 2. The minimum absolute atomic E-state index is 0.849. The summed E-state index contributed by atoms with van der Waals surface area (Å²) in [6, 6.07) is 11.8. The lowest BCUT2D eigenvalue weighted by Crippen LogP contribution is -2.15. The lowest BCUT2D eigenvalue weighted by Gasteiger charge is -2.12. The van der Waals surface area contributed by atoms with Crippen molar-refractivity contribution in [2.75, 3.05) is 6.54 Å². The van der Waals surface area contributed by atoms with E-state index in [0.717, 1.165) is 29.3 Å². The van der Waals surface area contributed by atoms with E-state index in [1.807, 2.05) is 48.6 Å². The van der Waals surface area contributed by atoms with Crippen molar-refractivity contribution >= 4 is 5.70 Å². The van der Waals surface area contributed by atoms with Crippen LogP contribution in [0, 0.1) is 0 Å². The molecule has 18 heavy (non-hydrogen) atoms. The van der Waals surface area contributed by atoms with Crippen LogP contribution in [0.25, 0.3) is 17.1 Å². The molecule has 88 valence electrons. The lowest BCUT2D eigenvalue weighted by atomic mass is 10.2. The summed E-state index contributed by atoms with van der Waals surface area (Å²) < 4.78 is 0. The monoisotopic (exact) mass is 235 g/mol. The van der Waals surface area contributed by atoms with Gasteiger partial charge >= 0.3 is 0 Å². The zero-order valence-corrected chi connectivity index (χ0v) is 9.88. The fourth-order valence-corrected chi connectivity index (χ4v) is 1.88. The molecule has 3 rings (SSSR count). The van der Waals surface area contributed by atoms with Gasteiger partial charge in [0, 0.05) is 12.7 Å². The highest BCUT2D eigenvalue weighted by molar-refractivity contribution is 5.66. The van der Waals surface area contributed by atoms with Gasteiger partial charge in [-0.15, -0.1) is 0 Å². The van der Waals surface area contributed by atoms with Crippen LogP contribution < -0.4 is 5.32 Å². The molecule has 3 heterocycles. The van der Waals surface area contributed by atoms with Crippen molar-refractivity contribution in [2.45, 2.75) is 0 Å². The number of aromatic nitrogens is 2. The van der Waals surface area contributed by atoms with Crippen LogP contribution in [0.4, 0.5) is 0 Å². The van der Waals surface area contributed by atoms with E-state index in [4.69, 9.17) is 0 Å². The summed E-state index contributed by atoms with van der Waals surface area (Å²) >= 11 is 0. The van der Waals surface area contributed by atoms with Crippen LogP contribution in [0.3, 0.4) is 0 Å². The number of rotatable bonds is 2. The van der Waals surface area contributed by atoms with E-state index in [1.54, 1.807) is 6.20 Å². The molecule has 0 radical (unpaired) electrons. The Morgan fingerprint density at radius 3 is 2.61 bits per heavy atom. The maximum absolute atomic E-state index is 4.64. The van der Waals surface area contributed by atoms with Crippen LogP contribution in [0.1, 0.15) is 5.69 Å². The van der Waals surface area contributed by atoms with Crippen LogP contribution in [-0.4, -0.2) is 16.5 Å². The van der Waals surface area contributed by atoms with Crippen LogP contribution in [0.5, 0.6) is 0 Å². The second-order valence-electron chi connectivity index (χ2n) is 4.01. The SMILES string of the molecule is C1=CCNC(c2cccc(-c3ccccn3)n2)=C1. The fourth-order valence-electron chi connectivity index (χ4n) is 1.88. The number of dihydropyridines is 1. The normalized spacial score (nSPS) is 13.9. The Morgan fingerprint density at radius 1 is 0.944 bits per heavy atom. The van der Waals surface area contributed by atoms with Gasteiger partial charge in [-0.25, -0.2) is 4.98 Å². The maximum Gasteiger partial charge on any atom is 0.0894 e. The van der Waals surface area contributed by atoms with Crippen molar-refractivity contribution in [3.05, 3.63) is 66.5 Å². The van der Waals surface area contributed by atoms with Gasteiger partial charge in [0.05, 0.1) is 22.8 Å². The molecule has 0 aliphatic carbocycles. The van der Waals surface area contributed by atoms with E-state index in [-0.39, 0.29) is 0 Å². The Labute approximate surface area is 106 Å². The molecule has 1 aliphatic rings.